The van der Waals surface area contributed by atoms with Gasteiger partial charge in [-0.25, -0.2) is 4.79 Å². The molecule has 134 valence electrons. The summed E-state index contributed by atoms with van der Waals surface area (Å²) in [7, 11) is 1.81. The largest absolute Gasteiger partial charge is 0.338 e. The minimum Gasteiger partial charge on any atom is -0.338 e. The average molecular weight is 352 g/mol. The van der Waals surface area contributed by atoms with E-state index < -0.39 is 0 Å². The van der Waals surface area contributed by atoms with Gasteiger partial charge in [0, 0.05) is 31.2 Å². The molecule has 1 aromatic carbocycles. The Balaban J connectivity index is 1.60. The number of rotatable bonds is 7. The number of amides is 2. The van der Waals surface area contributed by atoms with Crippen LogP contribution in [0.5, 0.6) is 0 Å². The van der Waals surface area contributed by atoms with Gasteiger partial charge < -0.3 is 15.1 Å². The van der Waals surface area contributed by atoms with E-state index in [0.29, 0.717) is 11.6 Å². The molecule has 5 heteroatoms. The van der Waals surface area contributed by atoms with Crippen LogP contribution in [0.1, 0.15) is 44.6 Å². The molecule has 0 saturated carbocycles. The van der Waals surface area contributed by atoms with Crippen molar-refractivity contribution in [1.82, 2.24) is 15.1 Å². The summed E-state index contributed by atoms with van der Waals surface area (Å²) in [6.45, 7) is 6.01. The number of unbranched alkanes of at least 4 members (excludes halogenated alkanes) is 1. The summed E-state index contributed by atoms with van der Waals surface area (Å²) >= 11 is 5.98. The third-order valence-corrected chi connectivity index (χ3v) is 4.98. The molecule has 0 radical (unpaired) electrons. The first kappa shape index (κ1) is 19.1. The summed E-state index contributed by atoms with van der Waals surface area (Å²) in [6, 6.07) is 8.32. The van der Waals surface area contributed by atoms with E-state index in [2.05, 4.69) is 17.1 Å². The van der Waals surface area contributed by atoms with Crippen molar-refractivity contribution in [3.8, 4) is 0 Å². The number of benzene rings is 1. The van der Waals surface area contributed by atoms with Crippen LogP contribution in [0.3, 0.4) is 0 Å². The zero-order chi connectivity index (χ0) is 17.4. The second-order valence-corrected chi connectivity index (χ2v) is 7.24. The Kier molecular flexibility index (Phi) is 7.86. The maximum Gasteiger partial charge on any atom is 0.317 e. The van der Waals surface area contributed by atoms with Crippen LogP contribution in [0.25, 0.3) is 0 Å². The summed E-state index contributed by atoms with van der Waals surface area (Å²) in [6.07, 6.45) is 6.19. The van der Waals surface area contributed by atoms with Gasteiger partial charge in [0.1, 0.15) is 0 Å². The van der Waals surface area contributed by atoms with Gasteiger partial charge in [-0.15, -0.1) is 0 Å². The number of hydrogen-bond acceptors (Lipinski definition) is 2. The van der Waals surface area contributed by atoms with E-state index in [9.17, 15) is 4.79 Å². The molecular weight excluding hydrogens is 322 g/mol. The molecule has 0 aliphatic carbocycles. The number of urea groups is 1. The molecule has 0 aromatic heterocycles. The minimum atomic E-state index is -0.0266. The Morgan fingerprint density at radius 3 is 2.96 bits per heavy atom. The summed E-state index contributed by atoms with van der Waals surface area (Å²) < 4.78 is 0. The topological polar surface area (TPSA) is 35.6 Å². The number of nitrogens with zero attached hydrogens (tertiary/aromatic N) is 2. The van der Waals surface area contributed by atoms with Crippen LogP contribution < -0.4 is 5.32 Å². The normalized spacial score (nSPS) is 18.4. The fourth-order valence-corrected chi connectivity index (χ4v) is 3.45. The molecule has 1 saturated heterocycles. The molecule has 1 unspecified atom stereocenters. The fourth-order valence-electron chi connectivity index (χ4n) is 3.24. The van der Waals surface area contributed by atoms with Gasteiger partial charge in [-0.1, -0.05) is 30.2 Å². The van der Waals surface area contributed by atoms with Crippen LogP contribution in [-0.4, -0.2) is 48.6 Å². The van der Waals surface area contributed by atoms with E-state index in [1.165, 1.54) is 25.8 Å². The van der Waals surface area contributed by atoms with E-state index in [0.717, 1.165) is 37.5 Å². The van der Waals surface area contributed by atoms with Gasteiger partial charge in [0.25, 0.3) is 0 Å². The highest BCUT2D eigenvalue weighted by Crippen LogP contribution is 2.16. The Bertz CT molecular complexity index is 523. The molecule has 1 N–H and O–H groups in total. The van der Waals surface area contributed by atoms with Gasteiger partial charge in [0.15, 0.2) is 0 Å². The quantitative estimate of drug-likeness (QED) is 0.749. The highest BCUT2D eigenvalue weighted by Gasteiger charge is 2.17. The lowest BCUT2D eigenvalue weighted by molar-refractivity contribution is 0.158. The van der Waals surface area contributed by atoms with Crippen molar-refractivity contribution in [3.05, 3.63) is 34.9 Å². The summed E-state index contributed by atoms with van der Waals surface area (Å²) in [5, 5.41) is 3.70. The van der Waals surface area contributed by atoms with Crippen LogP contribution >= 0.6 is 11.6 Å². The molecule has 1 atom stereocenters. The molecule has 2 amide bonds. The lowest BCUT2D eigenvalue weighted by Gasteiger charge is -2.33. The van der Waals surface area contributed by atoms with E-state index in [-0.39, 0.29) is 6.03 Å². The Morgan fingerprint density at radius 2 is 2.21 bits per heavy atom. The van der Waals surface area contributed by atoms with Gasteiger partial charge in [0.05, 0.1) is 0 Å². The number of carbonyl (C=O) groups is 1. The van der Waals surface area contributed by atoms with Crippen molar-refractivity contribution < 1.29 is 4.79 Å². The molecule has 24 heavy (non-hydrogen) atoms. The Labute approximate surface area is 151 Å². The molecule has 0 spiro atoms. The monoisotopic (exact) mass is 351 g/mol. The summed E-state index contributed by atoms with van der Waals surface area (Å²) in [4.78, 5) is 16.4. The highest BCUT2D eigenvalue weighted by molar-refractivity contribution is 6.30. The first-order valence-electron chi connectivity index (χ1n) is 9.03. The molecule has 1 fully saturated rings. The van der Waals surface area contributed by atoms with Crippen LogP contribution in [-0.2, 0) is 6.54 Å². The lowest BCUT2D eigenvalue weighted by atomic mass is 10.0. The van der Waals surface area contributed by atoms with Crippen LogP contribution in [0.15, 0.2) is 24.3 Å². The van der Waals surface area contributed by atoms with Crippen molar-refractivity contribution in [1.29, 1.82) is 0 Å². The van der Waals surface area contributed by atoms with E-state index in [4.69, 9.17) is 11.6 Å². The van der Waals surface area contributed by atoms with Crippen LogP contribution in [0.2, 0.25) is 5.02 Å². The van der Waals surface area contributed by atoms with Gasteiger partial charge >= 0.3 is 6.03 Å². The van der Waals surface area contributed by atoms with E-state index >= 15 is 0 Å². The standard InChI is InChI=1S/C19H30ClN3O/c1-16-8-3-5-12-23(16)13-6-4-11-21-19(24)22(2)15-17-9-7-10-18(20)14-17/h7,9-10,14,16H,3-6,8,11-13,15H2,1-2H3,(H,21,24). The predicted octanol–water partition coefficient (Wildman–Crippen LogP) is 4.14. The van der Waals surface area contributed by atoms with E-state index in [1.54, 1.807) is 4.90 Å². The molecular formula is C19H30ClN3O. The van der Waals surface area contributed by atoms with Crippen LogP contribution in [0.4, 0.5) is 4.79 Å². The van der Waals surface area contributed by atoms with Gasteiger partial charge in [-0.3, -0.25) is 0 Å². The fraction of sp³-hybridized carbons (Fsp3) is 0.632. The highest BCUT2D eigenvalue weighted by atomic mass is 35.5. The van der Waals surface area contributed by atoms with Gasteiger partial charge in [0.2, 0.25) is 0 Å². The SMILES string of the molecule is CC1CCCCN1CCCCNC(=O)N(C)Cc1cccc(Cl)c1. The number of hydrogen-bond donors (Lipinski definition) is 1. The molecule has 1 heterocycles. The second kappa shape index (κ2) is 9.90. The van der Waals surface area contributed by atoms with Crippen molar-refractivity contribution >= 4 is 17.6 Å². The van der Waals surface area contributed by atoms with Crippen molar-refractivity contribution in [2.75, 3.05) is 26.7 Å². The minimum absolute atomic E-state index is 0.0266. The molecule has 2 rings (SSSR count). The molecule has 4 nitrogen and oxygen atoms in total. The molecule has 1 aliphatic heterocycles. The first-order valence-corrected chi connectivity index (χ1v) is 9.41. The number of carbonyl (C=O) groups excluding carboxylic acids is 1. The third kappa shape index (κ3) is 6.33. The van der Waals surface area contributed by atoms with Gasteiger partial charge in [-0.05, 0) is 63.4 Å². The molecule has 1 aromatic rings. The maximum absolute atomic E-state index is 12.1. The summed E-state index contributed by atoms with van der Waals surface area (Å²) in [5.74, 6) is 0. The predicted molar refractivity (Wildman–Crippen MR) is 100 cm³/mol. The van der Waals surface area contributed by atoms with E-state index in [1.807, 2.05) is 31.3 Å². The maximum atomic E-state index is 12.1. The van der Waals surface area contributed by atoms with Crippen LogP contribution in [0, 0.1) is 0 Å². The number of likely N-dealkylation sites (tertiary alicyclic amines) is 1. The first-order chi connectivity index (χ1) is 11.6. The smallest absolute Gasteiger partial charge is 0.317 e. The molecule has 0 bridgehead atoms. The average Bonchev–Trinajstić information content (AvgIpc) is 2.56. The second-order valence-electron chi connectivity index (χ2n) is 6.81. The number of halogens is 1. The number of piperidine rings is 1. The van der Waals surface area contributed by atoms with Gasteiger partial charge in [-0.2, -0.15) is 0 Å². The summed E-state index contributed by atoms with van der Waals surface area (Å²) in [5.41, 5.74) is 1.04. The third-order valence-electron chi connectivity index (χ3n) is 4.74. The van der Waals surface area contributed by atoms with Crippen molar-refractivity contribution in [2.24, 2.45) is 0 Å². The molecule has 1 aliphatic rings. The zero-order valence-corrected chi connectivity index (χ0v) is 15.7. The number of nitrogens with one attached hydrogen (secondary N) is 1. The van der Waals surface area contributed by atoms with Crippen molar-refractivity contribution in [2.45, 2.75) is 51.6 Å². The van der Waals surface area contributed by atoms with Crippen molar-refractivity contribution in [3.63, 3.8) is 0 Å². The zero-order valence-electron chi connectivity index (χ0n) is 14.9. The lowest BCUT2D eigenvalue weighted by Crippen LogP contribution is -2.39. The Morgan fingerprint density at radius 1 is 1.38 bits per heavy atom. The Hall–Kier alpha value is -1.26.